The molecule has 0 aliphatic heterocycles. The zero-order valence-electron chi connectivity index (χ0n) is 38.9. The lowest BCUT2D eigenvalue weighted by molar-refractivity contribution is -0.148. The molecule has 0 saturated carbocycles. The van der Waals surface area contributed by atoms with Crippen LogP contribution in [0.3, 0.4) is 0 Å². The molecule has 5 atom stereocenters. The number of aliphatic hydroxyl groups excluding tert-OH is 3. The van der Waals surface area contributed by atoms with Crippen molar-refractivity contribution < 1.29 is 71.4 Å². The first-order valence-corrected chi connectivity index (χ1v) is 26.7. The number of hydrogen-bond donors (Lipinski definition) is 5. The summed E-state index contributed by atoms with van der Waals surface area (Å²) in [7, 11) is -9.59. The molecule has 0 aromatic carbocycles. The van der Waals surface area contributed by atoms with E-state index in [1.807, 2.05) is 54.7 Å². The number of phosphoric ester groups is 2. The van der Waals surface area contributed by atoms with E-state index in [0.717, 1.165) is 25.7 Å². The Morgan fingerprint density at radius 1 is 0.422 bits per heavy atom. The van der Waals surface area contributed by atoms with Gasteiger partial charge in [0, 0.05) is 12.8 Å². The first-order chi connectivity index (χ1) is 30.8. The normalized spacial score (nSPS) is 15.7. The molecule has 0 rings (SSSR count). The van der Waals surface area contributed by atoms with E-state index in [-0.39, 0.29) is 12.8 Å². The molecular formula is C47H84O15P2. The zero-order chi connectivity index (χ0) is 47.4. The van der Waals surface area contributed by atoms with Gasteiger partial charge in [-0.3, -0.25) is 27.7 Å². The molecular weight excluding hydrogens is 866 g/mol. The molecule has 15 nitrogen and oxygen atoms in total. The third-order valence-corrected chi connectivity index (χ3v) is 11.5. The van der Waals surface area contributed by atoms with Crippen molar-refractivity contribution in [2.45, 2.75) is 186 Å². The Kier molecular flexibility index (Phi) is 41.8. The van der Waals surface area contributed by atoms with Gasteiger partial charge < -0.3 is 34.6 Å². The van der Waals surface area contributed by atoms with Gasteiger partial charge in [0.2, 0.25) is 0 Å². The molecule has 0 amide bonds. The van der Waals surface area contributed by atoms with E-state index in [2.05, 4.69) is 38.0 Å². The highest BCUT2D eigenvalue weighted by atomic mass is 31.2. The number of phosphoric acid groups is 2. The molecule has 64 heavy (non-hydrogen) atoms. The summed E-state index contributed by atoms with van der Waals surface area (Å²) in [5, 5.41) is 30.0. The van der Waals surface area contributed by atoms with E-state index in [9.17, 15) is 43.8 Å². The second-order valence-corrected chi connectivity index (χ2v) is 18.8. The van der Waals surface area contributed by atoms with Crippen LogP contribution in [-0.2, 0) is 46.3 Å². The first-order valence-electron chi connectivity index (χ1n) is 23.7. The van der Waals surface area contributed by atoms with Crippen LogP contribution in [0.5, 0.6) is 0 Å². The van der Waals surface area contributed by atoms with E-state index in [1.165, 1.54) is 96.3 Å². The molecule has 0 aliphatic rings. The van der Waals surface area contributed by atoms with Gasteiger partial charge in [-0.25, -0.2) is 9.13 Å². The Morgan fingerprint density at radius 2 is 0.719 bits per heavy atom. The van der Waals surface area contributed by atoms with E-state index in [0.29, 0.717) is 19.3 Å². The predicted molar refractivity (Wildman–Crippen MR) is 251 cm³/mol. The van der Waals surface area contributed by atoms with E-state index in [4.69, 9.17) is 9.47 Å². The number of esters is 2. The minimum absolute atomic E-state index is 0.0979. The SMILES string of the molecule is CC/C=C/C=C/C=C\C=C/C=C/CCCC(=O)OCC(O)COP(=O)(O)OCC(O)COP(=O)(O)OCC(O)COC(=O)CCCCCCCCCCCCCCCCCCCCC. The topological polar surface area (TPSA) is 225 Å². The Hall–Kier alpha value is -2.26. The maximum Gasteiger partial charge on any atom is 0.472 e. The van der Waals surface area contributed by atoms with Crippen molar-refractivity contribution in [1.29, 1.82) is 0 Å². The number of allylic oxidation sites excluding steroid dienone is 10. The molecule has 0 saturated heterocycles. The molecule has 0 bridgehead atoms. The van der Waals surface area contributed by atoms with E-state index >= 15 is 0 Å². The molecule has 5 N–H and O–H groups in total. The van der Waals surface area contributed by atoms with Crippen molar-refractivity contribution in [2.75, 3.05) is 39.6 Å². The van der Waals surface area contributed by atoms with Crippen molar-refractivity contribution in [3.63, 3.8) is 0 Å². The molecule has 17 heteroatoms. The Morgan fingerprint density at radius 3 is 1.08 bits per heavy atom. The molecule has 0 aliphatic carbocycles. The smallest absolute Gasteiger partial charge is 0.463 e. The summed E-state index contributed by atoms with van der Waals surface area (Å²) in [6.45, 7) is 0.188. The first kappa shape index (κ1) is 61.7. The minimum atomic E-state index is -4.80. The summed E-state index contributed by atoms with van der Waals surface area (Å²) in [5.74, 6) is -1.07. The summed E-state index contributed by atoms with van der Waals surface area (Å²) in [6.07, 6.45) is 40.9. The molecule has 0 spiro atoms. The van der Waals surface area contributed by atoms with Gasteiger partial charge in [0.25, 0.3) is 0 Å². The fourth-order valence-electron chi connectivity index (χ4n) is 5.95. The largest absolute Gasteiger partial charge is 0.472 e. The number of aliphatic hydroxyl groups is 3. The predicted octanol–water partition coefficient (Wildman–Crippen LogP) is 10.6. The van der Waals surface area contributed by atoms with Crippen molar-refractivity contribution in [3.8, 4) is 0 Å². The molecule has 5 unspecified atom stereocenters. The van der Waals surface area contributed by atoms with Gasteiger partial charge in [-0.15, -0.1) is 0 Å². The fourth-order valence-corrected chi connectivity index (χ4v) is 7.54. The summed E-state index contributed by atoms with van der Waals surface area (Å²) in [5.41, 5.74) is 0. The maximum absolute atomic E-state index is 12.2. The average Bonchev–Trinajstić information content (AvgIpc) is 3.27. The van der Waals surface area contributed by atoms with Crippen LogP contribution in [0.15, 0.2) is 60.8 Å². The summed E-state index contributed by atoms with van der Waals surface area (Å²) >= 11 is 0. The van der Waals surface area contributed by atoms with Gasteiger partial charge in [0.05, 0.1) is 26.4 Å². The van der Waals surface area contributed by atoms with Gasteiger partial charge in [-0.05, 0) is 25.7 Å². The van der Waals surface area contributed by atoms with Crippen LogP contribution >= 0.6 is 15.6 Å². The second kappa shape index (κ2) is 43.3. The monoisotopic (exact) mass is 951 g/mol. The van der Waals surface area contributed by atoms with Crippen LogP contribution in [-0.4, -0.2) is 95.0 Å². The Bertz CT molecular complexity index is 1380. The fraction of sp³-hybridized carbons (Fsp3) is 0.745. The second-order valence-electron chi connectivity index (χ2n) is 15.9. The van der Waals surface area contributed by atoms with Crippen molar-refractivity contribution >= 4 is 27.6 Å². The van der Waals surface area contributed by atoms with Gasteiger partial charge in [-0.1, -0.05) is 190 Å². The average molecular weight is 951 g/mol. The third-order valence-electron chi connectivity index (χ3n) is 9.62. The van der Waals surface area contributed by atoms with Crippen LogP contribution in [0.25, 0.3) is 0 Å². The van der Waals surface area contributed by atoms with E-state index < -0.39 is 85.5 Å². The number of rotatable bonds is 45. The Labute approximate surface area is 384 Å². The van der Waals surface area contributed by atoms with Crippen LogP contribution in [0.1, 0.15) is 168 Å². The van der Waals surface area contributed by atoms with E-state index in [1.54, 1.807) is 0 Å². The lowest BCUT2D eigenvalue weighted by Crippen LogP contribution is -2.25. The van der Waals surface area contributed by atoms with Gasteiger partial charge in [-0.2, -0.15) is 0 Å². The summed E-state index contributed by atoms with van der Waals surface area (Å²) in [4.78, 5) is 43.7. The molecule has 0 aromatic rings. The van der Waals surface area contributed by atoms with Crippen molar-refractivity contribution in [3.05, 3.63) is 60.8 Å². The number of unbranched alkanes of at least 4 members (excludes halogenated alkanes) is 19. The van der Waals surface area contributed by atoms with Gasteiger partial charge >= 0.3 is 27.6 Å². The number of ether oxygens (including phenoxy) is 2. The molecule has 372 valence electrons. The molecule has 0 fully saturated rings. The number of hydrogen-bond acceptors (Lipinski definition) is 13. The number of carbonyl (C=O) groups is 2. The standard InChI is InChI=1S/C47H84O15P2/c1-3-5-7-9-11-13-15-17-18-19-20-21-22-24-26-28-30-32-34-36-47(52)58-38-44(49)40-60-64(55,56)62-42-45(50)41-61-63(53,54)59-39-43(48)37-57-46(51)35-33-31-29-27-25-23-16-14-12-10-8-6-4-2/h6,8,10,12,14,16,23,25,27,29,43-45,48-50H,3-5,7,9,11,13,15,17-22,24,26,28,30-42H2,1-2H3,(H,53,54)(H,55,56)/b8-6+,12-10+,16-14-,25-23-,29-27+. The van der Waals surface area contributed by atoms with Crippen LogP contribution < -0.4 is 0 Å². The third kappa shape index (κ3) is 44.9. The molecule has 0 aromatic heterocycles. The lowest BCUT2D eigenvalue weighted by atomic mass is 10.0. The van der Waals surface area contributed by atoms with Crippen molar-refractivity contribution in [2.24, 2.45) is 0 Å². The van der Waals surface area contributed by atoms with Crippen LogP contribution in [0.2, 0.25) is 0 Å². The van der Waals surface area contributed by atoms with Gasteiger partial charge in [0.15, 0.2) is 0 Å². The van der Waals surface area contributed by atoms with Crippen molar-refractivity contribution in [1.82, 2.24) is 0 Å². The summed E-state index contributed by atoms with van der Waals surface area (Å²) < 4.78 is 52.9. The molecule has 0 radical (unpaired) electrons. The summed E-state index contributed by atoms with van der Waals surface area (Å²) in [6, 6.07) is 0. The highest BCUT2D eigenvalue weighted by Crippen LogP contribution is 2.45. The number of carbonyl (C=O) groups excluding carboxylic acids is 2. The zero-order valence-corrected chi connectivity index (χ0v) is 40.7. The highest BCUT2D eigenvalue weighted by molar-refractivity contribution is 7.47. The van der Waals surface area contributed by atoms with Crippen LogP contribution in [0, 0.1) is 0 Å². The molecule has 0 heterocycles. The lowest BCUT2D eigenvalue weighted by Gasteiger charge is -2.19. The maximum atomic E-state index is 12.2. The highest BCUT2D eigenvalue weighted by Gasteiger charge is 2.28. The van der Waals surface area contributed by atoms with Gasteiger partial charge in [0.1, 0.15) is 31.5 Å². The minimum Gasteiger partial charge on any atom is -0.463 e. The Balaban J connectivity index is 3.91. The quantitative estimate of drug-likeness (QED) is 0.0166. The van der Waals surface area contributed by atoms with Crippen LogP contribution in [0.4, 0.5) is 0 Å².